The van der Waals surface area contributed by atoms with Gasteiger partial charge in [-0.3, -0.25) is 9.78 Å². The standard InChI is InChI=1S/C19H13ClN2O3S/c1-9-4-5-11(12(23)7-9)14-15-16(24)13(10-3-2-6-21-8-10)18(25)22-19(15)26-17(14)20/h2-8,23H,1H3,(H2,22,24,25). The van der Waals surface area contributed by atoms with Gasteiger partial charge in [0.25, 0.3) is 5.56 Å². The summed E-state index contributed by atoms with van der Waals surface area (Å²) in [6.07, 6.45) is 3.09. The number of nitrogens with one attached hydrogen (secondary N) is 1. The third kappa shape index (κ3) is 2.55. The second kappa shape index (κ2) is 6.16. The Kier molecular flexibility index (Phi) is 3.94. The molecule has 1 aromatic carbocycles. The monoisotopic (exact) mass is 384 g/mol. The van der Waals surface area contributed by atoms with Crippen LogP contribution in [0.15, 0.2) is 47.5 Å². The minimum absolute atomic E-state index is 0.0557. The van der Waals surface area contributed by atoms with Crippen molar-refractivity contribution in [3.8, 4) is 33.8 Å². The molecule has 5 nitrogen and oxygen atoms in total. The Morgan fingerprint density at radius 3 is 2.69 bits per heavy atom. The lowest BCUT2D eigenvalue weighted by molar-refractivity contribution is 0.476. The van der Waals surface area contributed by atoms with Crippen molar-refractivity contribution in [2.45, 2.75) is 6.92 Å². The summed E-state index contributed by atoms with van der Waals surface area (Å²) in [5.41, 5.74) is 2.06. The number of H-pyrrole nitrogens is 1. The van der Waals surface area contributed by atoms with Crippen LogP contribution in [0.3, 0.4) is 0 Å². The third-order valence-corrected chi connectivity index (χ3v) is 5.48. The highest BCUT2D eigenvalue weighted by molar-refractivity contribution is 7.23. The fourth-order valence-corrected chi connectivity index (χ4v) is 4.35. The van der Waals surface area contributed by atoms with Gasteiger partial charge in [-0.25, -0.2) is 0 Å². The van der Waals surface area contributed by atoms with E-state index in [1.807, 2.05) is 13.0 Å². The lowest BCUT2D eigenvalue weighted by atomic mass is 10.00. The molecule has 4 rings (SSSR count). The van der Waals surface area contributed by atoms with Crippen LogP contribution in [0.5, 0.6) is 11.5 Å². The summed E-state index contributed by atoms with van der Waals surface area (Å²) in [7, 11) is 0. The Bertz CT molecular complexity index is 1200. The molecule has 26 heavy (non-hydrogen) atoms. The molecule has 0 amide bonds. The topological polar surface area (TPSA) is 86.2 Å². The molecule has 3 N–H and O–H groups in total. The van der Waals surface area contributed by atoms with E-state index in [9.17, 15) is 15.0 Å². The lowest BCUT2D eigenvalue weighted by Gasteiger charge is -2.09. The Labute approximate surface area is 157 Å². The molecule has 0 aliphatic heterocycles. The maximum absolute atomic E-state index is 12.5. The fourth-order valence-electron chi connectivity index (χ4n) is 2.99. The smallest absolute Gasteiger partial charge is 0.260 e. The molecule has 0 saturated carbocycles. The Morgan fingerprint density at radius 1 is 1.19 bits per heavy atom. The molecule has 0 radical (unpaired) electrons. The van der Waals surface area contributed by atoms with E-state index in [2.05, 4.69) is 9.97 Å². The summed E-state index contributed by atoms with van der Waals surface area (Å²) in [5, 5.41) is 21.7. The molecule has 0 bridgehead atoms. The van der Waals surface area contributed by atoms with Crippen molar-refractivity contribution in [1.82, 2.24) is 9.97 Å². The Balaban J connectivity index is 2.10. The fraction of sp³-hybridized carbons (Fsp3) is 0.0526. The van der Waals surface area contributed by atoms with Gasteiger partial charge in [0.15, 0.2) is 0 Å². The van der Waals surface area contributed by atoms with Gasteiger partial charge in [-0.15, -0.1) is 11.3 Å². The van der Waals surface area contributed by atoms with Gasteiger partial charge in [-0.1, -0.05) is 29.8 Å². The first-order valence-electron chi connectivity index (χ1n) is 7.75. The molecular formula is C19H13ClN2O3S. The molecular weight excluding hydrogens is 372 g/mol. The minimum atomic E-state index is -0.430. The number of aromatic nitrogens is 2. The quantitative estimate of drug-likeness (QED) is 0.468. The number of fused-ring (bicyclic) bond motifs is 1. The molecule has 3 heterocycles. The van der Waals surface area contributed by atoms with Gasteiger partial charge in [0.05, 0.1) is 10.9 Å². The Hall–Kier alpha value is -2.83. The van der Waals surface area contributed by atoms with Crippen molar-refractivity contribution in [2.24, 2.45) is 0 Å². The minimum Gasteiger partial charge on any atom is -0.507 e. The Morgan fingerprint density at radius 2 is 2.00 bits per heavy atom. The van der Waals surface area contributed by atoms with Crippen LogP contribution in [0.25, 0.3) is 32.5 Å². The molecule has 0 unspecified atom stereocenters. The summed E-state index contributed by atoms with van der Waals surface area (Å²) >= 11 is 7.54. The van der Waals surface area contributed by atoms with E-state index >= 15 is 0 Å². The number of hydrogen-bond donors (Lipinski definition) is 3. The molecule has 3 aromatic heterocycles. The van der Waals surface area contributed by atoms with E-state index in [4.69, 9.17) is 11.6 Å². The van der Waals surface area contributed by atoms with Crippen LogP contribution in [0.4, 0.5) is 0 Å². The summed E-state index contributed by atoms with van der Waals surface area (Å²) in [6, 6.07) is 8.59. The van der Waals surface area contributed by atoms with Gasteiger partial charge in [-0.2, -0.15) is 0 Å². The summed E-state index contributed by atoms with van der Waals surface area (Å²) < 4.78 is 0.369. The zero-order chi connectivity index (χ0) is 18.4. The molecule has 0 spiro atoms. The number of pyridine rings is 2. The molecule has 0 aliphatic carbocycles. The number of rotatable bonds is 2. The second-order valence-corrected chi connectivity index (χ2v) is 7.52. The summed E-state index contributed by atoms with van der Waals surface area (Å²) in [6.45, 7) is 1.87. The van der Waals surface area contributed by atoms with Crippen LogP contribution >= 0.6 is 22.9 Å². The molecule has 0 fully saturated rings. The summed E-state index contributed by atoms with van der Waals surface area (Å²) in [5.74, 6) is -0.130. The second-order valence-electron chi connectivity index (χ2n) is 5.89. The van der Waals surface area contributed by atoms with Crippen molar-refractivity contribution < 1.29 is 10.2 Å². The molecule has 0 aliphatic rings. The van der Waals surface area contributed by atoms with Crippen LogP contribution in [-0.4, -0.2) is 20.2 Å². The number of benzene rings is 1. The van der Waals surface area contributed by atoms with Gasteiger partial charge < -0.3 is 15.2 Å². The van der Waals surface area contributed by atoms with Gasteiger partial charge in [0, 0.05) is 29.1 Å². The maximum atomic E-state index is 12.5. The first-order valence-corrected chi connectivity index (χ1v) is 8.94. The van der Waals surface area contributed by atoms with E-state index < -0.39 is 5.56 Å². The molecule has 7 heteroatoms. The van der Waals surface area contributed by atoms with Crippen LogP contribution in [0.1, 0.15) is 5.56 Å². The van der Waals surface area contributed by atoms with Gasteiger partial charge >= 0.3 is 0 Å². The van der Waals surface area contributed by atoms with Gasteiger partial charge in [0.1, 0.15) is 20.7 Å². The van der Waals surface area contributed by atoms with Crippen LogP contribution in [0, 0.1) is 6.92 Å². The van der Waals surface area contributed by atoms with Crippen LogP contribution in [0.2, 0.25) is 4.34 Å². The zero-order valence-electron chi connectivity index (χ0n) is 13.6. The first kappa shape index (κ1) is 16.6. The molecule has 130 valence electrons. The van der Waals surface area contributed by atoms with Gasteiger partial charge in [-0.05, 0) is 24.6 Å². The van der Waals surface area contributed by atoms with E-state index in [-0.39, 0.29) is 17.1 Å². The third-order valence-electron chi connectivity index (χ3n) is 4.17. The zero-order valence-corrected chi connectivity index (χ0v) is 15.1. The van der Waals surface area contributed by atoms with Crippen molar-refractivity contribution >= 4 is 33.2 Å². The average molecular weight is 385 g/mol. The van der Waals surface area contributed by atoms with E-state index in [0.717, 1.165) is 16.9 Å². The predicted molar refractivity (Wildman–Crippen MR) is 104 cm³/mol. The molecule has 4 aromatic rings. The summed E-state index contributed by atoms with van der Waals surface area (Å²) in [4.78, 5) is 19.7. The van der Waals surface area contributed by atoms with E-state index in [1.54, 1.807) is 30.5 Å². The van der Waals surface area contributed by atoms with E-state index in [1.165, 1.54) is 6.20 Å². The highest BCUT2D eigenvalue weighted by Gasteiger charge is 2.23. The number of hydrogen-bond acceptors (Lipinski definition) is 5. The van der Waals surface area contributed by atoms with Crippen molar-refractivity contribution in [3.05, 3.63) is 63.0 Å². The first-order chi connectivity index (χ1) is 12.5. The maximum Gasteiger partial charge on any atom is 0.260 e. The van der Waals surface area contributed by atoms with E-state index in [0.29, 0.717) is 31.2 Å². The number of phenolic OH excluding ortho intramolecular Hbond substituents is 1. The predicted octanol–water partition coefficient (Wildman–Crippen LogP) is 4.69. The van der Waals surface area contributed by atoms with Crippen molar-refractivity contribution in [1.29, 1.82) is 0 Å². The van der Waals surface area contributed by atoms with Crippen molar-refractivity contribution in [2.75, 3.05) is 0 Å². The number of aromatic amines is 1. The number of thiophene rings is 1. The number of nitrogens with zero attached hydrogens (tertiary/aromatic N) is 1. The SMILES string of the molecule is Cc1ccc(-c2c(Cl)sc3[nH]c(=O)c(-c4cccnc4)c(O)c23)c(O)c1. The molecule has 0 saturated heterocycles. The van der Waals surface area contributed by atoms with Crippen molar-refractivity contribution in [3.63, 3.8) is 0 Å². The largest absolute Gasteiger partial charge is 0.507 e. The van der Waals surface area contributed by atoms with Crippen LogP contribution in [-0.2, 0) is 0 Å². The number of halogens is 1. The van der Waals surface area contributed by atoms with Crippen LogP contribution < -0.4 is 5.56 Å². The molecule has 0 atom stereocenters. The average Bonchev–Trinajstić information content (AvgIpc) is 2.92. The number of phenols is 1. The highest BCUT2D eigenvalue weighted by atomic mass is 35.5. The lowest BCUT2D eigenvalue weighted by Crippen LogP contribution is -2.08. The number of aryl methyl sites for hydroxylation is 1. The highest BCUT2D eigenvalue weighted by Crippen LogP contribution is 2.48. The van der Waals surface area contributed by atoms with Gasteiger partial charge in [0.2, 0.25) is 0 Å². The normalized spacial score (nSPS) is 11.2. The number of aromatic hydroxyl groups is 2.